The first kappa shape index (κ1) is 11.6. The lowest BCUT2D eigenvalue weighted by Gasteiger charge is -2.15. The lowest BCUT2D eigenvalue weighted by Crippen LogP contribution is -2.29. The summed E-state index contributed by atoms with van der Waals surface area (Å²) in [5.74, 6) is 4.48. The molecule has 3 N–H and O–H groups in total. The van der Waals surface area contributed by atoms with Gasteiger partial charge in [0.15, 0.2) is 0 Å². The summed E-state index contributed by atoms with van der Waals surface area (Å²) in [4.78, 5) is 7.61. The lowest BCUT2D eigenvalue weighted by molar-refractivity contribution is 0.582. The van der Waals surface area contributed by atoms with Crippen LogP contribution in [0.2, 0.25) is 0 Å². The number of pyridine rings is 2. The van der Waals surface area contributed by atoms with E-state index in [4.69, 9.17) is 5.84 Å². The van der Waals surface area contributed by atoms with Gasteiger partial charge in [0.25, 0.3) is 0 Å². The molecular weight excluding hydrogens is 226 g/mol. The van der Waals surface area contributed by atoms with Gasteiger partial charge in [-0.3, -0.25) is 15.8 Å². The Morgan fingerprint density at radius 2 is 1.94 bits per heavy atom. The van der Waals surface area contributed by atoms with Crippen LogP contribution in [0.3, 0.4) is 0 Å². The van der Waals surface area contributed by atoms with Crippen LogP contribution in [0.4, 0.5) is 8.78 Å². The molecule has 0 bridgehead atoms. The van der Waals surface area contributed by atoms with Crippen molar-refractivity contribution in [3.63, 3.8) is 0 Å². The third-order valence-corrected chi connectivity index (χ3v) is 2.27. The highest BCUT2D eigenvalue weighted by Crippen LogP contribution is 2.19. The zero-order valence-corrected chi connectivity index (χ0v) is 8.77. The standard InChI is InChI=1S/C11H10F2N4/c12-8-1-2-10(16-6-8)11(17-14)7-3-9(13)5-15-4-7/h1-6,11,17H,14H2. The summed E-state index contributed by atoms with van der Waals surface area (Å²) in [5.41, 5.74) is 3.50. The van der Waals surface area contributed by atoms with Gasteiger partial charge in [0.1, 0.15) is 11.6 Å². The number of rotatable bonds is 3. The monoisotopic (exact) mass is 236 g/mol. The zero-order chi connectivity index (χ0) is 12.3. The third-order valence-electron chi connectivity index (χ3n) is 2.27. The van der Waals surface area contributed by atoms with E-state index in [-0.39, 0.29) is 0 Å². The molecule has 0 amide bonds. The fraction of sp³-hybridized carbons (Fsp3) is 0.0909. The van der Waals surface area contributed by atoms with Gasteiger partial charge in [-0.1, -0.05) is 0 Å². The van der Waals surface area contributed by atoms with Gasteiger partial charge < -0.3 is 0 Å². The molecule has 0 aliphatic rings. The van der Waals surface area contributed by atoms with Gasteiger partial charge in [0.2, 0.25) is 0 Å². The van der Waals surface area contributed by atoms with Gasteiger partial charge in [-0.25, -0.2) is 14.2 Å². The Bertz CT molecular complexity index is 501. The second-order valence-electron chi connectivity index (χ2n) is 3.44. The third kappa shape index (κ3) is 2.61. The molecular formula is C11H10F2N4. The molecule has 2 rings (SSSR count). The molecule has 0 aliphatic carbocycles. The van der Waals surface area contributed by atoms with E-state index in [1.54, 1.807) is 0 Å². The summed E-state index contributed by atoms with van der Waals surface area (Å²) in [6.07, 6.45) is 3.64. The Balaban J connectivity index is 2.36. The van der Waals surface area contributed by atoms with Gasteiger partial charge in [-0.05, 0) is 23.8 Å². The summed E-state index contributed by atoms with van der Waals surface area (Å²) >= 11 is 0. The average Bonchev–Trinajstić information content (AvgIpc) is 2.33. The molecule has 0 fully saturated rings. The smallest absolute Gasteiger partial charge is 0.141 e. The van der Waals surface area contributed by atoms with E-state index < -0.39 is 17.7 Å². The van der Waals surface area contributed by atoms with E-state index in [0.717, 1.165) is 12.4 Å². The molecule has 0 spiro atoms. The predicted octanol–water partition coefficient (Wildman–Crippen LogP) is 1.31. The van der Waals surface area contributed by atoms with Crippen LogP contribution in [0.1, 0.15) is 17.3 Å². The Hall–Kier alpha value is -1.92. The largest absolute Gasteiger partial charge is 0.271 e. The van der Waals surface area contributed by atoms with Crippen LogP contribution in [-0.2, 0) is 0 Å². The maximum absolute atomic E-state index is 13.0. The van der Waals surface area contributed by atoms with Crippen molar-refractivity contribution >= 4 is 0 Å². The number of hydrogen-bond acceptors (Lipinski definition) is 4. The number of hydrogen-bond donors (Lipinski definition) is 2. The van der Waals surface area contributed by atoms with Crippen LogP contribution in [0.15, 0.2) is 36.8 Å². The van der Waals surface area contributed by atoms with Crippen molar-refractivity contribution in [3.8, 4) is 0 Å². The molecule has 88 valence electrons. The van der Waals surface area contributed by atoms with E-state index >= 15 is 0 Å². The normalized spacial score (nSPS) is 12.4. The molecule has 0 aromatic carbocycles. The molecule has 0 aliphatic heterocycles. The minimum atomic E-state index is -0.529. The Labute approximate surface area is 96.5 Å². The van der Waals surface area contributed by atoms with Crippen molar-refractivity contribution in [2.24, 2.45) is 5.84 Å². The van der Waals surface area contributed by atoms with Crippen molar-refractivity contribution in [2.45, 2.75) is 6.04 Å². The van der Waals surface area contributed by atoms with Crippen LogP contribution in [-0.4, -0.2) is 9.97 Å². The van der Waals surface area contributed by atoms with Gasteiger partial charge in [0.05, 0.1) is 24.1 Å². The van der Waals surface area contributed by atoms with E-state index in [2.05, 4.69) is 15.4 Å². The molecule has 1 unspecified atom stereocenters. The lowest BCUT2D eigenvalue weighted by atomic mass is 10.1. The summed E-state index contributed by atoms with van der Waals surface area (Å²) in [6, 6.07) is 3.51. The molecule has 17 heavy (non-hydrogen) atoms. The quantitative estimate of drug-likeness (QED) is 0.623. The highest BCUT2D eigenvalue weighted by atomic mass is 19.1. The maximum atomic E-state index is 13.0. The molecule has 1 atom stereocenters. The number of nitrogens with zero attached hydrogens (tertiary/aromatic N) is 2. The molecule has 4 nitrogen and oxygen atoms in total. The number of aromatic nitrogens is 2. The van der Waals surface area contributed by atoms with Crippen molar-refractivity contribution in [1.29, 1.82) is 0 Å². The maximum Gasteiger partial charge on any atom is 0.141 e. The molecule has 2 aromatic heterocycles. The average molecular weight is 236 g/mol. The van der Waals surface area contributed by atoms with E-state index in [1.807, 2.05) is 0 Å². The Morgan fingerprint density at radius 3 is 2.53 bits per heavy atom. The van der Waals surface area contributed by atoms with Gasteiger partial charge in [-0.2, -0.15) is 0 Å². The summed E-state index contributed by atoms with van der Waals surface area (Å²) < 4.78 is 25.8. The number of nitrogens with one attached hydrogen (secondary N) is 1. The molecule has 0 saturated carbocycles. The molecule has 6 heteroatoms. The van der Waals surface area contributed by atoms with Crippen molar-refractivity contribution in [2.75, 3.05) is 0 Å². The van der Waals surface area contributed by atoms with E-state index in [0.29, 0.717) is 11.3 Å². The minimum absolute atomic E-state index is 0.443. The number of hydrazine groups is 1. The highest BCUT2D eigenvalue weighted by molar-refractivity contribution is 5.25. The second-order valence-corrected chi connectivity index (χ2v) is 3.44. The van der Waals surface area contributed by atoms with Gasteiger partial charge >= 0.3 is 0 Å². The molecule has 2 heterocycles. The topological polar surface area (TPSA) is 63.8 Å². The van der Waals surface area contributed by atoms with Crippen LogP contribution in [0, 0.1) is 11.6 Å². The van der Waals surface area contributed by atoms with Crippen LogP contribution >= 0.6 is 0 Å². The Morgan fingerprint density at radius 1 is 1.12 bits per heavy atom. The summed E-state index contributed by atoms with van der Waals surface area (Å²) in [6.45, 7) is 0. The molecule has 2 aromatic rings. The Kier molecular flexibility index (Phi) is 3.36. The fourth-order valence-corrected chi connectivity index (χ4v) is 1.50. The second kappa shape index (κ2) is 4.94. The molecule has 0 radical (unpaired) electrons. The zero-order valence-electron chi connectivity index (χ0n) is 8.77. The number of nitrogens with two attached hydrogens (primary N) is 1. The van der Waals surface area contributed by atoms with Crippen molar-refractivity contribution < 1.29 is 8.78 Å². The van der Waals surface area contributed by atoms with Crippen molar-refractivity contribution in [3.05, 3.63) is 59.7 Å². The van der Waals surface area contributed by atoms with Gasteiger partial charge in [0, 0.05) is 6.20 Å². The molecule has 0 saturated heterocycles. The first-order chi connectivity index (χ1) is 8.20. The minimum Gasteiger partial charge on any atom is -0.271 e. The van der Waals surface area contributed by atoms with Crippen LogP contribution in [0.5, 0.6) is 0 Å². The predicted molar refractivity (Wildman–Crippen MR) is 57.6 cm³/mol. The first-order valence-corrected chi connectivity index (χ1v) is 4.88. The highest BCUT2D eigenvalue weighted by Gasteiger charge is 2.14. The van der Waals surface area contributed by atoms with Crippen LogP contribution < -0.4 is 11.3 Å². The van der Waals surface area contributed by atoms with E-state index in [1.165, 1.54) is 24.4 Å². The summed E-state index contributed by atoms with van der Waals surface area (Å²) in [7, 11) is 0. The first-order valence-electron chi connectivity index (χ1n) is 4.88. The SMILES string of the molecule is NNC(c1cncc(F)c1)c1ccc(F)cn1. The fourth-order valence-electron chi connectivity index (χ4n) is 1.50. The number of halogens is 2. The van der Waals surface area contributed by atoms with E-state index in [9.17, 15) is 8.78 Å². The van der Waals surface area contributed by atoms with Gasteiger partial charge in [-0.15, -0.1) is 0 Å². The van der Waals surface area contributed by atoms with Crippen molar-refractivity contribution in [1.82, 2.24) is 15.4 Å². The summed E-state index contributed by atoms with van der Waals surface area (Å²) in [5, 5.41) is 0. The van der Waals surface area contributed by atoms with Crippen LogP contribution in [0.25, 0.3) is 0 Å².